The van der Waals surface area contributed by atoms with Gasteiger partial charge in [0.25, 0.3) is 5.88 Å². The van der Waals surface area contributed by atoms with Crippen LogP contribution in [0.3, 0.4) is 0 Å². The molecule has 2 heterocycles. The third kappa shape index (κ3) is 2.08. The summed E-state index contributed by atoms with van der Waals surface area (Å²) in [4.78, 5) is 8.59. The maximum Gasteiger partial charge on any atom is 0.260 e. The van der Waals surface area contributed by atoms with Crippen molar-refractivity contribution in [2.45, 2.75) is 20.3 Å². The minimum Gasteiger partial charge on any atom is -0.475 e. The Labute approximate surface area is 94.5 Å². The van der Waals surface area contributed by atoms with E-state index in [0.717, 1.165) is 24.4 Å². The topological polar surface area (TPSA) is 51.5 Å². The second-order valence-electron chi connectivity index (χ2n) is 3.45. The number of rotatable bonds is 5. The molecule has 0 spiro atoms. The SMILES string of the molecule is CCCNc1cn2ccnc2c(OCC)n1. The average Bonchev–Trinajstić information content (AvgIpc) is 2.75. The van der Waals surface area contributed by atoms with Crippen molar-refractivity contribution in [2.24, 2.45) is 0 Å². The van der Waals surface area contributed by atoms with Crippen LogP contribution in [0.25, 0.3) is 5.65 Å². The summed E-state index contributed by atoms with van der Waals surface area (Å²) in [7, 11) is 0. The van der Waals surface area contributed by atoms with Crippen molar-refractivity contribution in [2.75, 3.05) is 18.5 Å². The average molecular weight is 220 g/mol. The highest BCUT2D eigenvalue weighted by molar-refractivity contribution is 5.53. The van der Waals surface area contributed by atoms with Crippen LogP contribution in [0.15, 0.2) is 18.6 Å². The van der Waals surface area contributed by atoms with Gasteiger partial charge in [-0.2, -0.15) is 4.98 Å². The Hall–Kier alpha value is -1.78. The minimum atomic E-state index is 0.577. The van der Waals surface area contributed by atoms with E-state index in [1.54, 1.807) is 6.20 Å². The van der Waals surface area contributed by atoms with Crippen LogP contribution in [0, 0.1) is 0 Å². The van der Waals surface area contributed by atoms with Crippen LogP contribution in [-0.2, 0) is 0 Å². The summed E-state index contributed by atoms with van der Waals surface area (Å²) in [6.07, 6.45) is 6.61. The highest BCUT2D eigenvalue weighted by atomic mass is 16.5. The second kappa shape index (κ2) is 4.83. The van der Waals surface area contributed by atoms with E-state index in [1.807, 2.05) is 23.7 Å². The van der Waals surface area contributed by atoms with Crippen molar-refractivity contribution in [3.63, 3.8) is 0 Å². The first-order valence-corrected chi connectivity index (χ1v) is 5.55. The summed E-state index contributed by atoms with van der Waals surface area (Å²) >= 11 is 0. The van der Waals surface area contributed by atoms with Gasteiger partial charge < -0.3 is 10.1 Å². The van der Waals surface area contributed by atoms with E-state index in [0.29, 0.717) is 12.5 Å². The molecule has 0 fully saturated rings. The summed E-state index contributed by atoms with van der Waals surface area (Å²) in [6.45, 7) is 5.55. The van der Waals surface area contributed by atoms with Crippen molar-refractivity contribution >= 4 is 11.5 Å². The molecule has 2 aromatic heterocycles. The zero-order chi connectivity index (χ0) is 11.4. The first-order chi connectivity index (χ1) is 7.85. The fourth-order valence-corrected chi connectivity index (χ4v) is 1.47. The fourth-order valence-electron chi connectivity index (χ4n) is 1.47. The Balaban J connectivity index is 2.36. The van der Waals surface area contributed by atoms with Crippen LogP contribution in [0.1, 0.15) is 20.3 Å². The Bertz CT molecular complexity index is 466. The van der Waals surface area contributed by atoms with Crippen molar-refractivity contribution in [1.82, 2.24) is 14.4 Å². The number of aromatic nitrogens is 3. The zero-order valence-corrected chi connectivity index (χ0v) is 9.60. The molecule has 0 aliphatic carbocycles. The van der Waals surface area contributed by atoms with Gasteiger partial charge in [-0.1, -0.05) is 6.92 Å². The number of ether oxygens (including phenoxy) is 1. The molecule has 0 aromatic carbocycles. The summed E-state index contributed by atoms with van der Waals surface area (Å²) in [6, 6.07) is 0. The number of nitrogens with zero attached hydrogens (tertiary/aromatic N) is 3. The van der Waals surface area contributed by atoms with Crippen molar-refractivity contribution in [3.05, 3.63) is 18.6 Å². The Morgan fingerprint density at radius 1 is 1.44 bits per heavy atom. The Morgan fingerprint density at radius 2 is 2.31 bits per heavy atom. The lowest BCUT2D eigenvalue weighted by Gasteiger charge is -2.08. The third-order valence-electron chi connectivity index (χ3n) is 2.18. The predicted octanol–water partition coefficient (Wildman–Crippen LogP) is 1.95. The Morgan fingerprint density at radius 3 is 3.06 bits per heavy atom. The number of hydrogen-bond acceptors (Lipinski definition) is 4. The van der Waals surface area contributed by atoms with E-state index in [4.69, 9.17) is 4.74 Å². The molecule has 5 nitrogen and oxygen atoms in total. The number of hydrogen-bond donors (Lipinski definition) is 1. The molecule has 86 valence electrons. The van der Waals surface area contributed by atoms with Crippen LogP contribution >= 0.6 is 0 Å². The lowest BCUT2D eigenvalue weighted by atomic mass is 10.5. The van der Waals surface area contributed by atoms with Crippen LogP contribution in [0.2, 0.25) is 0 Å². The molecule has 0 saturated carbocycles. The van der Waals surface area contributed by atoms with Crippen LogP contribution in [0.4, 0.5) is 5.82 Å². The molecule has 16 heavy (non-hydrogen) atoms. The van der Waals surface area contributed by atoms with Crippen molar-refractivity contribution in [1.29, 1.82) is 0 Å². The number of anilines is 1. The first-order valence-electron chi connectivity index (χ1n) is 5.55. The molecule has 0 aliphatic heterocycles. The molecule has 0 atom stereocenters. The van der Waals surface area contributed by atoms with Gasteiger partial charge in [0.1, 0.15) is 5.82 Å². The van der Waals surface area contributed by atoms with E-state index in [2.05, 4.69) is 22.2 Å². The molecule has 0 radical (unpaired) electrons. The molecular weight excluding hydrogens is 204 g/mol. The zero-order valence-electron chi connectivity index (χ0n) is 9.60. The van der Waals surface area contributed by atoms with Gasteiger partial charge in [0.2, 0.25) is 5.65 Å². The summed E-state index contributed by atoms with van der Waals surface area (Å²) in [5, 5.41) is 3.24. The van der Waals surface area contributed by atoms with Gasteiger partial charge in [-0.15, -0.1) is 0 Å². The van der Waals surface area contributed by atoms with Crippen LogP contribution in [0.5, 0.6) is 5.88 Å². The predicted molar refractivity (Wildman–Crippen MR) is 62.9 cm³/mol. The highest BCUT2D eigenvalue weighted by Crippen LogP contribution is 2.18. The summed E-state index contributed by atoms with van der Waals surface area (Å²) < 4.78 is 7.38. The van der Waals surface area contributed by atoms with E-state index < -0.39 is 0 Å². The Kier molecular flexibility index (Phi) is 3.24. The molecule has 2 aromatic rings. The monoisotopic (exact) mass is 220 g/mol. The first kappa shape index (κ1) is 10.7. The van der Waals surface area contributed by atoms with Crippen LogP contribution in [-0.4, -0.2) is 27.5 Å². The molecule has 0 unspecified atom stereocenters. The third-order valence-corrected chi connectivity index (χ3v) is 2.18. The van der Waals surface area contributed by atoms with Gasteiger partial charge in [-0.05, 0) is 13.3 Å². The largest absolute Gasteiger partial charge is 0.475 e. The molecule has 0 bridgehead atoms. The number of nitrogens with one attached hydrogen (secondary N) is 1. The van der Waals surface area contributed by atoms with Gasteiger partial charge >= 0.3 is 0 Å². The molecule has 0 aliphatic rings. The van der Waals surface area contributed by atoms with E-state index in [1.165, 1.54) is 0 Å². The van der Waals surface area contributed by atoms with Gasteiger partial charge in [-0.25, -0.2) is 4.98 Å². The number of fused-ring (bicyclic) bond motifs is 1. The van der Waals surface area contributed by atoms with Crippen LogP contribution < -0.4 is 10.1 Å². The molecule has 0 saturated heterocycles. The lowest BCUT2D eigenvalue weighted by Crippen LogP contribution is -2.06. The molecule has 5 heteroatoms. The highest BCUT2D eigenvalue weighted by Gasteiger charge is 2.07. The van der Waals surface area contributed by atoms with Crippen molar-refractivity contribution in [3.8, 4) is 5.88 Å². The van der Waals surface area contributed by atoms with Crippen molar-refractivity contribution < 1.29 is 4.74 Å². The minimum absolute atomic E-state index is 0.577. The maximum absolute atomic E-state index is 5.46. The standard InChI is InChI=1S/C11H16N4O/c1-3-5-12-9-8-15-7-6-13-10(15)11(14-9)16-4-2/h6-8,12H,3-5H2,1-2H3. The quantitative estimate of drug-likeness (QED) is 0.836. The second-order valence-corrected chi connectivity index (χ2v) is 3.45. The smallest absolute Gasteiger partial charge is 0.260 e. The molecule has 0 amide bonds. The van der Waals surface area contributed by atoms with Gasteiger partial charge in [0.05, 0.1) is 12.8 Å². The van der Waals surface area contributed by atoms with Gasteiger partial charge in [0.15, 0.2) is 0 Å². The van der Waals surface area contributed by atoms with E-state index in [9.17, 15) is 0 Å². The van der Waals surface area contributed by atoms with Gasteiger partial charge in [-0.3, -0.25) is 4.40 Å². The van der Waals surface area contributed by atoms with E-state index in [-0.39, 0.29) is 0 Å². The molecular formula is C11H16N4O. The fraction of sp³-hybridized carbons (Fsp3) is 0.455. The molecule has 2 rings (SSSR count). The normalized spacial score (nSPS) is 10.6. The lowest BCUT2D eigenvalue weighted by molar-refractivity contribution is 0.329. The summed E-state index contributed by atoms with van der Waals surface area (Å²) in [5.41, 5.74) is 0.754. The summed E-state index contributed by atoms with van der Waals surface area (Å²) in [5.74, 6) is 1.39. The van der Waals surface area contributed by atoms with Gasteiger partial charge in [0, 0.05) is 18.9 Å². The number of imidazole rings is 1. The molecule has 1 N–H and O–H groups in total. The van der Waals surface area contributed by atoms with E-state index >= 15 is 0 Å². The maximum atomic E-state index is 5.46.